The Morgan fingerprint density at radius 3 is 2.26 bits per heavy atom. The van der Waals surface area contributed by atoms with Crippen LogP contribution in [0.15, 0.2) is 88.2 Å². The molecule has 0 saturated heterocycles. The van der Waals surface area contributed by atoms with Crippen molar-refractivity contribution >= 4 is 29.3 Å². The second-order valence-electron chi connectivity index (χ2n) is 7.67. The van der Waals surface area contributed by atoms with Crippen molar-refractivity contribution in [1.29, 1.82) is 5.41 Å². The number of anilines is 2. The van der Waals surface area contributed by atoms with Crippen molar-refractivity contribution in [2.45, 2.75) is 6.92 Å². The Morgan fingerprint density at radius 2 is 1.63 bits per heavy atom. The molecule has 5 rings (SSSR count). The van der Waals surface area contributed by atoms with E-state index in [4.69, 9.17) is 26.5 Å². The molecule has 0 fully saturated rings. The van der Waals surface area contributed by atoms with Gasteiger partial charge in [0.15, 0.2) is 5.82 Å². The number of hydrogen-bond acceptors (Lipinski definition) is 7. The second-order valence-corrected chi connectivity index (χ2v) is 8.11. The molecule has 8 nitrogen and oxygen atoms in total. The van der Waals surface area contributed by atoms with Gasteiger partial charge in [-0.2, -0.15) is 4.98 Å². The fourth-order valence-electron chi connectivity index (χ4n) is 3.62. The van der Waals surface area contributed by atoms with Gasteiger partial charge in [-0.25, -0.2) is 4.98 Å². The van der Waals surface area contributed by atoms with E-state index < -0.39 is 0 Å². The molecule has 0 aliphatic carbocycles. The van der Waals surface area contributed by atoms with Crippen LogP contribution in [0.5, 0.6) is 0 Å². The zero-order valence-corrected chi connectivity index (χ0v) is 19.3. The molecular weight excluding hydrogens is 464 g/mol. The van der Waals surface area contributed by atoms with Gasteiger partial charge in [-0.05, 0) is 55.5 Å². The summed E-state index contributed by atoms with van der Waals surface area (Å²) in [5.41, 5.74) is 2.50. The first-order valence-electron chi connectivity index (χ1n) is 10.7. The normalized spacial score (nSPS) is 10.8. The molecule has 2 heterocycles. The van der Waals surface area contributed by atoms with Crippen LogP contribution in [0, 0.1) is 12.3 Å². The average molecular weight is 483 g/mol. The quantitative estimate of drug-likeness (QED) is 0.302. The van der Waals surface area contributed by atoms with Crippen LogP contribution in [0.25, 0.3) is 28.5 Å². The van der Waals surface area contributed by atoms with E-state index in [1.54, 1.807) is 31.2 Å². The molecule has 35 heavy (non-hydrogen) atoms. The average Bonchev–Trinajstić information content (AvgIpc) is 3.32. The van der Waals surface area contributed by atoms with Gasteiger partial charge >= 0.3 is 0 Å². The molecule has 172 valence electrons. The van der Waals surface area contributed by atoms with Crippen molar-refractivity contribution in [3.8, 4) is 28.5 Å². The van der Waals surface area contributed by atoms with E-state index in [1.807, 2.05) is 54.6 Å². The number of benzene rings is 3. The number of nitrogens with zero attached hydrogens (tertiary/aromatic N) is 4. The standard InChI is InChI=1S/C26H19ClN6O2/c1-16-29-25(35-32-16)18-9-7-17(8-10-18)24-31-23(30-20-5-3-2-4-6-20)22(15-28)26(34)33(24)21-13-11-19(27)12-14-21/h2-15,28,30H,1H3. The molecule has 5 aromatic rings. The summed E-state index contributed by atoms with van der Waals surface area (Å²) in [7, 11) is 0. The fourth-order valence-corrected chi connectivity index (χ4v) is 3.74. The molecule has 0 radical (unpaired) electrons. The van der Waals surface area contributed by atoms with Crippen molar-refractivity contribution in [2.75, 3.05) is 5.32 Å². The van der Waals surface area contributed by atoms with Gasteiger partial charge in [-0.15, -0.1) is 0 Å². The summed E-state index contributed by atoms with van der Waals surface area (Å²) >= 11 is 6.08. The van der Waals surface area contributed by atoms with Crippen molar-refractivity contribution in [3.63, 3.8) is 0 Å². The molecule has 0 aliphatic heterocycles. The minimum atomic E-state index is -0.387. The van der Waals surface area contributed by atoms with Crippen LogP contribution in [0.3, 0.4) is 0 Å². The zero-order valence-electron chi connectivity index (χ0n) is 18.6. The molecule has 0 bridgehead atoms. The third-order valence-corrected chi connectivity index (χ3v) is 5.55. The van der Waals surface area contributed by atoms with E-state index in [0.29, 0.717) is 33.8 Å². The maximum absolute atomic E-state index is 13.6. The zero-order chi connectivity index (χ0) is 24.4. The first-order valence-corrected chi connectivity index (χ1v) is 11.1. The predicted molar refractivity (Wildman–Crippen MR) is 136 cm³/mol. The molecule has 2 N–H and O–H groups in total. The number of halogens is 1. The highest BCUT2D eigenvalue weighted by Gasteiger charge is 2.19. The molecule has 0 amide bonds. The molecule has 3 aromatic carbocycles. The topological polar surface area (TPSA) is 110 Å². The van der Waals surface area contributed by atoms with Crippen molar-refractivity contribution in [1.82, 2.24) is 19.7 Å². The number of aryl methyl sites for hydroxylation is 1. The number of nitrogens with one attached hydrogen (secondary N) is 2. The lowest BCUT2D eigenvalue weighted by Gasteiger charge is -2.17. The first kappa shape index (κ1) is 22.2. The highest BCUT2D eigenvalue weighted by Crippen LogP contribution is 2.27. The van der Waals surface area contributed by atoms with Gasteiger partial charge in [0.25, 0.3) is 11.4 Å². The minimum Gasteiger partial charge on any atom is -0.339 e. The summed E-state index contributed by atoms with van der Waals surface area (Å²) in [4.78, 5) is 22.7. The highest BCUT2D eigenvalue weighted by atomic mass is 35.5. The molecule has 0 aliphatic rings. The maximum atomic E-state index is 13.6. The predicted octanol–water partition coefficient (Wildman–Crippen LogP) is 5.65. The van der Waals surface area contributed by atoms with Gasteiger partial charge in [0.1, 0.15) is 17.2 Å². The highest BCUT2D eigenvalue weighted by molar-refractivity contribution is 6.30. The number of aromatic nitrogens is 4. The summed E-state index contributed by atoms with van der Waals surface area (Å²) in [6.07, 6.45) is 1.01. The molecule has 9 heteroatoms. The van der Waals surface area contributed by atoms with E-state index in [1.165, 1.54) is 4.57 Å². The molecule has 0 atom stereocenters. The number of para-hydroxylation sites is 1. The van der Waals surface area contributed by atoms with Crippen LogP contribution < -0.4 is 10.9 Å². The van der Waals surface area contributed by atoms with E-state index in [0.717, 1.165) is 17.5 Å². The van der Waals surface area contributed by atoms with Crippen molar-refractivity contribution in [3.05, 3.63) is 106 Å². The van der Waals surface area contributed by atoms with Crippen molar-refractivity contribution in [2.24, 2.45) is 0 Å². The third kappa shape index (κ3) is 4.47. The first-order chi connectivity index (χ1) is 17.0. The summed E-state index contributed by atoms with van der Waals surface area (Å²) in [5.74, 6) is 1.63. The van der Waals surface area contributed by atoms with E-state index in [9.17, 15) is 4.79 Å². The molecule has 0 saturated carbocycles. The van der Waals surface area contributed by atoms with Gasteiger partial charge in [-0.1, -0.05) is 47.1 Å². The Labute approximate surface area is 205 Å². The van der Waals surface area contributed by atoms with Crippen LogP contribution in [-0.4, -0.2) is 25.9 Å². The largest absolute Gasteiger partial charge is 0.339 e. The summed E-state index contributed by atoms with van der Waals surface area (Å²) in [5, 5.41) is 15.5. The molecule has 0 spiro atoms. The fraction of sp³-hybridized carbons (Fsp3) is 0.0385. The Morgan fingerprint density at radius 1 is 0.943 bits per heavy atom. The summed E-state index contributed by atoms with van der Waals surface area (Å²) in [6.45, 7) is 1.75. The van der Waals surface area contributed by atoms with E-state index >= 15 is 0 Å². The molecule has 2 aromatic heterocycles. The lowest BCUT2D eigenvalue weighted by molar-refractivity contribution is 0.425. The SMILES string of the molecule is Cc1noc(-c2ccc(-c3nc(Nc4ccccc4)c(C=N)c(=O)n3-c3ccc(Cl)cc3)cc2)n1. The Kier molecular flexibility index (Phi) is 5.95. The second kappa shape index (κ2) is 9.36. The van der Waals surface area contributed by atoms with Gasteiger partial charge in [0.05, 0.1) is 5.69 Å². The third-order valence-electron chi connectivity index (χ3n) is 5.30. The van der Waals surface area contributed by atoms with Gasteiger partial charge in [0, 0.05) is 28.1 Å². The Bertz CT molecular complexity index is 1560. The van der Waals surface area contributed by atoms with Gasteiger partial charge in [-0.3, -0.25) is 9.36 Å². The van der Waals surface area contributed by atoms with Gasteiger partial charge in [0.2, 0.25) is 0 Å². The van der Waals surface area contributed by atoms with Gasteiger partial charge < -0.3 is 15.2 Å². The number of hydrogen-bond donors (Lipinski definition) is 2. The van der Waals surface area contributed by atoms with Crippen molar-refractivity contribution < 1.29 is 4.52 Å². The molecule has 0 unspecified atom stereocenters. The van der Waals surface area contributed by atoms with Crippen LogP contribution in [-0.2, 0) is 0 Å². The monoisotopic (exact) mass is 482 g/mol. The minimum absolute atomic E-state index is 0.130. The number of rotatable bonds is 6. The van der Waals surface area contributed by atoms with E-state index in [-0.39, 0.29) is 16.9 Å². The van der Waals surface area contributed by atoms with Crippen LogP contribution in [0.4, 0.5) is 11.5 Å². The van der Waals surface area contributed by atoms with E-state index in [2.05, 4.69) is 15.5 Å². The summed E-state index contributed by atoms with van der Waals surface area (Å²) in [6, 6.07) is 23.6. The van der Waals surface area contributed by atoms with Crippen LogP contribution >= 0.6 is 11.6 Å². The van der Waals surface area contributed by atoms with Crippen LogP contribution in [0.2, 0.25) is 5.02 Å². The molecular formula is C26H19ClN6O2. The Balaban J connectivity index is 1.69. The summed E-state index contributed by atoms with van der Waals surface area (Å²) < 4.78 is 6.73. The maximum Gasteiger partial charge on any atom is 0.269 e. The lowest BCUT2D eigenvalue weighted by atomic mass is 10.1. The van der Waals surface area contributed by atoms with Crippen LogP contribution in [0.1, 0.15) is 11.4 Å². The lowest BCUT2D eigenvalue weighted by Crippen LogP contribution is -2.26. The Hall–Kier alpha value is -4.56. The smallest absolute Gasteiger partial charge is 0.269 e.